The van der Waals surface area contributed by atoms with Crippen molar-refractivity contribution >= 4 is 37.5 Å². The Labute approximate surface area is 267 Å². The average Bonchev–Trinajstić information content (AvgIpc) is 3.47. The number of rotatable bonds is 11. The number of hydrogen-bond acceptors (Lipinski definition) is 8. The summed E-state index contributed by atoms with van der Waals surface area (Å²) in [7, 11) is -8.07. The Hall–Kier alpha value is -4.53. The Morgan fingerprint density at radius 1 is 1.07 bits per heavy atom. The van der Waals surface area contributed by atoms with E-state index in [1.165, 1.54) is 11.0 Å². The monoisotopic (exact) mass is 666 g/mol. The molecule has 1 aliphatic rings. The molecule has 0 radical (unpaired) electrons. The Kier molecular flexibility index (Phi) is 9.60. The van der Waals surface area contributed by atoms with Crippen molar-refractivity contribution in [2.75, 3.05) is 29.7 Å². The molecule has 4 aromatic rings. The second-order valence-corrected chi connectivity index (χ2v) is 14.5. The summed E-state index contributed by atoms with van der Waals surface area (Å²) in [6.45, 7) is 4.64. The van der Waals surface area contributed by atoms with Gasteiger partial charge < -0.3 is 15.0 Å². The first-order valence-electron chi connectivity index (χ1n) is 14.5. The molecule has 2 N–H and O–H groups in total. The van der Waals surface area contributed by atoms with Crippen LogP contribution in [0.1, 0.15) is 39.9 Å². The fourth-order valence-electron chi connectivity index (χ4n) is 5.25. The Balaban J connectivity index is 1.30. The van der Waals surface area contributed by atoms with Crippen LogP contribution < -0.4 is 15.0 Å². The van der Waals surface area contributed by atoms with Crippen molar-refractivity contribution in [3.05, 3.63) is 95.3 Å². The van der Waals surface area contributed by atoms with E-state index in [2.05, 4.69) is 10.4 Å². The number of carbonyl (C=O) groups is 2. The Morgan fingerprint density at radius 2 is 1.83 bits per heavy atom. The number of nitrogens with zero attached hydrogens (tertiary/aromatic N) is 3. The highest BCUT2D eigenvalue weighted by Crippen LogP contribution is 2.39. The summed E-state index contributed by atoms with van der Waals surface area (Å²) >= 11 is 0. The van der Waals surface area contributed by atoms with E-state index in [1.807, 2.05) is 32.0 Å². The minimum absolute atomic E-state index is 0.0584. The van der Waals surface area contributed by atoms with Crippen LogP contribution in [0.25, 0.3) is 11.1 Å². The average molecular weight is 667 g/mol. The molecule has 1 aliphatic heterocycles. The molecule has 0 bridgehead atoms. The first-order chi connectivity index (χ1) is 21.8. The van der Waals surface area contributed by atoms with Crippen molar-refractivity contribution in [1.82, 2.24) is 15.1 Å². The predicted molar refractivity (Wildman–Crippen MR) is 172 cm³/mol. The lowest BCUT2D eigenvalue weighted by molar-refractivity contribution is -0.118. The van der Waals surface area contributed by atoms with Gasteiger partial charge in [0.15, 0.2) is 9.84 Å². The van der Waals surface area contributed by atoms with E-state index in [0.29, 0.717) is 35.4 Å². The van der Waals surface area contributed by atoms with E-state index in [4.69, 9.17) is 9.29 Å². The number of aromatic nitrogens is 2. The van der Waals surface area contributed by atoms with Crippen molar-refractivity contribution in [3.8, 4) is 16.9 Å². The Morgan fingerprint density at radius 3 is 2.61 bits per heavy atom. The lowest BCUT2D eigenvalue weighted by Gasteiger charge is -2.30. The summed E-state index contributed by atoms with van der Waals surface area (Å²) in [6.07, 6.45) is 3.89. The van der Waals surface area contributed by atoms with Gasteiger partial charge in [-0.15, -0.1) is 0 Å². The maximum atomic E-state index is 13.4. The van der Waals surface area contributed by atoms with Gasteiger partial charge in [-0.1, -0.05) is 36.4 Å². The maximum Gasteiger partial charge on any atom is 0.283 e. The normalized spacial score (nSPS) is 14.0. The molecule has 3 aromatic carbocycles. The quantitative estimate of drug-likeness (QED) is 0.179. The summed E-state index contributed by atoms with van der Waals surface area (Å²) in [5.74, 6) is -1.19. The van der Waals surface area contributed by atoms with Crippen LogP contribution >= 0.6 is 0 Å². The van der Waals surface area contributed by atoms with Crippen molar-refractivity contribution in [2.24, 2.45) is 0 Å². The number of aryl methyl sites for hydroxylation is 1. The molecule has 0 fully saturated rings. The molecule has 0 unspecified atom stereocenters. The third-order valence-corrected chi connectivity index (χ3v) is 10.0. The number of ether oxygens (including phenoxy) is 1. The van der Waals surface area contributed by atoms with Gasteiger partial charge in [0.2, 0.25) is 5.91 Å². The number of carbonyl (C=O) groups excluding carboxylic acids is 2. The number of anilines is 1. The van der Waals surface area contributed by atoms with Crippen molar-refractivity contribution in [1.29, 1.82) is 0 Å². The number of sulfone groups is 1. The second kappa shape index (κ2) is 13.4. The Bertz CT molecular complexity index is 2010. The molecule has 0 saturated carbocycles. The van der Waals surface area contributed by atoms with E-state index in [1.54, 1.807) is 53.5 Å². The summed E-state index contributed by atoms with van der Waals surface area (Å²) < 4.78 is 65.0. The molecule has 1 aromatic heterocycles. The topological polar surface area (TPSA) is 165 Å². The van der Waals surface area contributed by atoms with Gasteiger partial charge in [0.05, 0.1) is 35.7 Å². The summed E-state index contributed by atoms with van der Waals surface area (Å²) in [6, 6.07) is 17.3. The minimum Gasteiger partial charge on any atom is -0.493 e. The fraction of sp³-hybridized carbons (Fsp3) is 0.281. The molecule has 0 aliphatic carbocycles. The lowest BCUT2D eigenvalue weighted by atomic mass is 10.1. The molecule has 12 nitrogen and oxygen atoms in total. The molecule has 2 heterocycles. The molecular weight excluding hydrogens is 633 g/mol. The highest BCUT2D eigenvalue weighted by molar-refractivity contribution is 7.91. The van der Waals surface area contributed by atoms with Crippen molar-refractivity contribution < 1.29 is 35.7 Å². The van der Waals surface area contributed by atoms with Crippen LogP contribution in [0.4, 0.5) is 5.69 Å². The molecule has 0 saturated heterocycles. The predicted octanol–water partition coefficient (Wildman–Crippen LogP) is 3.77. The zero-order chi connectivity index (χ0) is 33.1. The first-order valence-corrected chi connectivity index (χ1v) is 17.8. The number of amides is 2. The van der Waals surface area contributed by atoms with Gasteiger partial charge in [0, 0.05) is 35.9 Å². The molecular formula is C32H34N4O8S2. The van der Waals surface area contributed by atoms with E-state index >= 15 is 0 Å². The van der Waals surface area contributed by atoms with Crippen molar-refractivity contribution in [3.63, 3.8) is 0 Å². The molecule has 5 rings (SSSR count). The van der Waals surface area contributed by atoms with Crippen LogP contribution in [0.3, 0.4) is 0 Å². The van der Waals surface area contributed by atoms with E-state index in [0.717, 1.165) is 16.9 Å². The smallest absolute Gasteiger partial charge is 0.283 e. The van der Waals surface area contributed by atoms with Crippen molar-refractivity contribution in [2.45, 2.75) is 38.1 Å². The van der Waals surface area contributed by atoms with Gasteiger partial charge in [-0.3, -0.25) is 18.8 Å². The molecule has 242 valence electrons. The van der Waals surface area contributed by atoms with E-state index < -0.39 is 31.7 Å². The van der Waals surface area contributed by atoms with Gasteiger partial charge in [-0.05, 0) is 61.2 Å². The largest absolute Gasteiger partial charge is 0.493 e. The number of fused-ring (bicyclic) bond motifs is 1. The van der Waals surface area contributed by atoms with Crippen LogP contribution in [-0.2, 0) is 31.3 Å². The molecule has 2 amide bonds. The van der Waals surface area contributed by atoms with Crippen LogP contribution in [0, 0.1) is 13.8 Å². The summed E-state index contributed by atoms with van der Waals surface area (Å²) in [5.41, 5.74) is 4.34. The molecule has 46 heavy (non-hydrogen) atoms. The van der Waals surface area contributed by atoms with Gasteiger partial charge in [-0.2, -0.15) is 13.5 Å². The molecule has 14 heteroatoms. The molecule has 0 spiro atoms. The van der Waals surface area contributed by atoms with Crippen LogP contribution in [0.2, 0.25) is 0 Å². The highest BCUT2D eigenvalue weighted by Gasteiger charge is 2.34. The lowest BCUT2D eigenvalue weighted by Crippen LogP contribution is -2.40. The summed E-state index contributed by atoms with van der Waals surface area (Å²) in [5, 5.41) is 6.52. The standard InChI is InChI=1S/C32H34N4O8S2/c1-22-7-3-12-29(23(22)2)44-15-6-13-30(37)36-14-16-45(39,40)31-27(10-5-11-28(31)36)26-18-34-35(20-26)19-24-8-4-9-25(17-24)32(38)33-21-46(41,42)43/h3-5,7-12,17-18,20H,6,13-16,19,21H2,1-2H3,(H,33,38)(H,41,42,43). The van der Waals surface area contributed by atoms with Crippen LogP contribution in [-0.4, -0.2) is 67.8 Å². The highest BCUT2D eigenvalue weighted by atomic mass is 32.2. The van der Waals surface area contributed by atoms with Crippen LogP contribution in [0.15, 0.2) is 78.0 Å². The summed E-state index contributed by atoms with van der Waals surface area (Å²) in [4.78, 5) is 27.2. The second-order valence-electron chi connectivity index (χ2n) is 11.0. The van der Waals surface area contributed by atoms with E-state index in [9.17, 15) is 26.4 Å². The third kappa shape index (κ3) is 7.63. The zero-order valence-electron chi connectivity index (χ0n) is 25.3. The first kappa shape index (κ1) is 32.9. The molecule has 0 atom stereocenters. The third-order valence-electron chi connectivity index (χ3n) is 7.72. The minimum atomic E-state index is -4.37. The number of benzene rings is 3. The number of nitrogens with one attached hydrogen (secondary N) is 1. The SMILES string of the molecule is Cc1cccc(OCCCC(=O)N2CCS(=O)(=O)c3c(-c4cnn(Cc5cccc(C(=O)NCS(=O)(=O)O)c5)c4)cccc32)c1C. The number of hydrogen-bond donors (Lipinski definition) is 2. The van der Waals surface area contributed by atoms with Crippen LogP contribution in [0.5, 0.6) is 5.75 Å². The van der Waals surface area contributed by atoms with Gasteiger partial charge in [-0.25, -0.2) is 8.42 Å². The van der Waals surface area contributed by atoms with Gasteiger partial charge in [0.1, 0.15) is 11.6 Å². The maximum absolute atomic E-state index is 13.4. The zero-order valence-corrected chi connectivity index (χ0v) is 27.0. The van der Waals surface area contributed by atoms with E-state index in [-0.39, 0.29) is 41.6 Å². The van der Waals surface area contributed by atoms with Gasteiger partial charge >= 0.3 is 0 Å². The fourth-order valence-corrected chi connectivity index (χ4v) is 7.21. The van der Waals surface area contributed by atoms with Gasteiger partial charge in [0.25, 0.3) is 16.0 Å².